The molecule has 27 heavy (non-hydrogen) atoms. The number of amides is 1. The third-order valence-corrected chi connectivity index (χ3v) is 5.63. The summed E-state index contributed by atoms with van der Waals surface area (Å²) in [5.74, 6) is -0.0225. The first-order chi connectivity index (χ1) is 12.9. The lowest BCUT2D eigenvalue weighted by Gasteiger charge is -2.26. The number of carbonyl (C=O) groups excluding carboxylic acids is 1. The summed E-state index contributed by atoms with van der Waals surface area (Å²) in [6.45, 7) is 1.05. The Labute approximate surface area is 158 Å². The Balaban J connectivity index is 1.55. The number of thiazole rings is 1. The number of alkyl halides is 3. The number of halogens is 3. The minimum Gasteiger partial charge on any atom is -0.333 e. The Kier molecular flexibility index (Phi) is 4.47. The number of hydrogen-bond acceptors (Lipinski definition) is 3. The van der Waals surface area contributed by atoms with E-state index in [4.69, 9.17) is 0 Å². The molecule has 0 unspecified atom stereocenters. The molecule has 2 heterocycles. The van der Waals surface area contributed by atoms with Gasteiger partial charge >= 0.3 is 6.18 Å². The van der Waals surface area contributed by atoms with E-state index in [0.717, 1.165) is 22.7 Å². The molecule has 7 heteroatoms. The highest BCUT2D eigenvalue weighted by molar-refractivity contribution is 7.15. The quantitative estimate of drug-likeness (QED) is 0.617. The van der Waals surface area contributed by atoms with Crippen molar-refractivity contribution < 1.29 is 18.0 Å². The van der Waals surface area contributed by atoms with Crippen molar-refractivity contribution in [1.82, 2.24) is 9.88 Å². The molecule has 2 aromatic carbocycles. The van der Waals surface area contributed by atoms with Crippen molar-refractivity contribution in [3.05, 3.63) is 76.3 Å². The second kappa shape index (κ2) is 6.81. The number of rotatable bonds is 2. The summed E-state index contributed by atoms with van der Waals surface area (Å²) in [7, 11) is 0. The van der Waals surface area contributed by atoms with Gasteiger partial charge in [-0.25, -0.2) is 4.98 Å². The minimum atomic E-state index is -4.35. The predicted octanol–water partition coefficient (Wildman–Crippen LogP) is 5.03. The first-order valence-electron chi connectivity index (χ1n) is 8.42. The molecule has 0 radical (unpaired) electrons. The Morgan fingerprint density at radius 3 is 2.41 bits per heavy atom. The summed E-state index contributed by atoms with van der Waals surface area (Å²) in [6.07, 6.45) is -3.70. The summed E-state index contributed by atoms with van der Waals surface area (Å²) in [4.78, 5) is 20.0. The summed E-state index contributed by atoms with van der Waals surface area (Å²) in [6, 6.07) is 14.1. The lowest BCUT2D eigenvalue weighted by atomic mass is 10.1. The van der Waals surface area contributed by atoms with E-state index in [1.54, 1.807) is 17.0 Å². The molecule has 0 fully saturated rings. The fraction of sp³-hybridized carbons (Fsp3) is 0.200. The maximum absolute atomic E-state index is 12.7. The van der Waals surface area contributed by atoms with Crippen LogP contribution in [0.5, 0.6) is 0 Å². The van der Waals surface area contributed by atoms with E-state index in [-0.39, 0.29) is 5.91 Å². The van der Waals surface area contributed by atoms with Gasteiger partial charge in [0, 0.05) is 29.0 Å². The van der Waals surface area contributed by atoms with Crippen molar-refractivity contribution in [3.63, 3.8) is 0 Å². The standard InChI is InChI=1S/C20H15F3N2OS/c21-20(22,23)15-8-6-13(7-9-15)18-24-16-10-11-25(12-17(16)27-18)19(26)14-4-2-1-3-5-14/h1-9H,10-12H2. The molecule has 0 bridgehead atoms. The third kappa shape index (κ3) is 3.60. The minimum absolute atomic E-state index is 0.0225. The molecule has 1 aliphatic rings. The van der Waals surface area contributed by atoms with Gasteiger partial charge in [0.25, 0.3) is 5.91 Å². The van der Waals surface area contributed by atoms with E-state index in [2.05, 4.69) is 4.98 Å². The molecule has 138 valence electrons. The van der Waals surface area contributed by atoms with Gasteiger partial charge in [-0.15, -0.1) is 11.3 Å². The van der Waals surface area contributed by atoms with Crippen LogP contribution >= 0.6 is 11.3 Å². The van der Waals surface area contributed by atoms with Gasteiger partial charge in [0.05, 0.1) is 17.8 Å². The molecule has 1 aromatic heterocycles. The molecule has 1 amide bonds. The van der Waals surface area contributed by atoms with E-state index >= 15 is 0 Å². The Hall–Kier alpha value is -2.67. The summed E-state index contributed by atoms with van der Waals surface area (Å²) >= 11 is 1.43. The van der Waals surface area contributed by atoms with Crippen LogP contribution in [0.15, 0.2) is 54.6 Å². The molecule has 0 spiro atoms. The highest BCUT2D eigenvalue weighted by Crippen LogP contribution is 2.34. The zero-order valence-electron chi connectivity index (χ0n) is 14.2. The Morgan fingerprint density at radius 2 is 1.74 bits per heavy atom. The van der Waals surface area contributed by atoms with E-state index < -0.39 is 11.7 Å². The average Bonchev–Trinajstić information content (AvgIpc) is 3.11. The van der Waals surface area contributed by atoms with Gasteiger partial charge in [0.15, 0.2) is 0 Å². The van der Waals surface area contributed by atoms with E-state index in [1.165, 1.54) is 23.5 Å². The van der Waals surface area contributed by atoms with Crippen LogP contribution in [-0.2, 0) is 19.1 Å². The molecule has 0 N–H and O–H groups in total. The van der Waals surface area contributed by atoms with Crippen LogP contribution < -0.4 is 0 Å². The van der Waals surface area contributed by atoms with Crippen molar-refractivity contribution in [2.45, 2.75) is 19.1 Å². The molecular weight excluding hydrogens is 373 g/mol. The molecule has 0 aliphatic carbocycles. The van der Waals surface area contributed by atoms with Crippen LogP contribution in [0.2, 0.25) is 0 Å². The van der Waals surface area contributed by atoms with Crippen molar-refractivity contribution >= 4 is 17.2 Å². The second-order valence-corrected chi connectivity index (χ2v) is 7.39. The number of benzene rings is 2. The molecule has 3 aromatic rings. The monoisotopic (exact) mass is 388 g/mol. The third-order valence-electron chi connectivity index (χ3n) is 4.50. The highest BCUT2D eigenvalue weighted by atomic mass is 32.1. The number of carbonyl (C=O) groups is 1. The van der Waals surface area contributed by atoms with Crippen LogP contribution in [-0.4, -0.2) is 22.3 Å². The lowest BCUT2D eigenvalue weighted by molar-refractivity contribution is -0.137. The molecule has 0 saturated heterocycles. The molecule has 0 saturated carbocycles. The van der Waals surface area contributed by atoms with Gasteiger partial charge in [-0.05, 0) is 24.3 Å². The lowest BCUT2D eigenvalue weighted by Crippen LogP contribution is -2.35. The zero-order valence-corrected chi connectivity index (χ0v) is 15.0. The maximum atomic E-state index is 12.7. The van der Waals surface area contributed by atoms with Crippen molar-refractivity contribution in [2.24, 2.45) is 0 Å². The molecule has 1 aliphatic heterocycles. The van der Waals surface area contributed by atoms with Gasteiger partial charge in [-0.1, -0.05) is 30.3 Å². The normalized spacial score (nSPS) is 14.1. The van der Waals surface area contributed by atoms with Crippen LogP contribution in [0.1, 0.15) is 26.5 Å². The van der Waals surface area contributed by atoms with Crippen molar-refractivity contribution in [3.8, 4) is 10.6 Å². The van der Waals surface area contributed by atoms with Crippen LogP contribution in [0, 0.1) is 0 Å². The number of nitrogens with zero attached hydrogens (tertiary/aromatic N) is 2. The molecule has 4 rings (SSSR count). The van der Waals surface area contributed by atoms with Gasteiger partial charge in [0.2, 0.25) is 0 Å². The van der Waals surface area contributed by atoms with Crippen LogP contribution in [0.25, 0.3) is 10.6 Å². The zero-order chi connectivity index (χ0) is 19.0. The molecule has 0 atom stereocenters. The first-order valence-corrected chi connectivity index (χ1v) is 9.24. The Morgan fingerprint density at radius 1 is 1.04 bits per heavy atom. The van der Waals surface area contributed by atoms with E-state index in [1.807, 2.05) is 18.2 Å². The van der Waals surface area contributed by atoms with Crippen molar-refractivity contribution in [1.29, 1.82) is 0 Å². The van der Waals surface area contributed by atoms with Gasteiger partial charge in [-0.3, -0.25) is 4.79 Å². The summed E-state index contributed by atoms with van der Waals surface area (Å²) < 4.78 is 38.1. The number of aromatic nitrogens is 1. The van der Waals surface area contributed by atoms with Crippen molar-refractivity contribution in [2.75, 3.05) is 6.54 Å². The van der Waals surface area contributed by atoms with Gasteiger partial charge in [-0.2, -0.15) is 13.2 Å². The second-order valence-electron chi connectivity index (χ2n) is 6.31. The smallest absolute Gasteiger partial charge is 0.333 e. The van der Waals surface area contributed by atoms with Crippen LogP contribution in [0.3, 0.4) is 0 Å². The summed E-state index contributed by atoms with van der Waals surface area (Å²) in [5, 5.41) is 0.683. The van der Waals surface area contributed by atoms with Gasteiger partial charge < -0.3 is 4.90 Å². The van der Waals surface area contributed by atoms with Crippen LogP contribution in [0.4, 0.5) is 13.2 Å². The number of fused-ring (bicyclic) bond motifs is 1. The van der Waals surface area contributed by atoms with E-state index in [0.29, 0.717) is 35.6 Å². The molecular formula is C20H15F3N2OS. The predicted molar refractivity (Wildman–Crippen MR) is 97.4 cm³/mol. The highest BCUT2D eigenvalue weighted by Gasteiger charge is 2.30. The van der Waals surface area contributed by atoms with E-state index in [9.17, 15) is 18.0 Å². The Bertz CT molecular complexity index is 965. The maximum Gasteiger partial charge on any atom is 0.416 e. The number of hydrogen-bond donors (Lipinski definition) is 0. The molecule has 3 nitrogen and oxygen atoms in total. The SMILES string of the molecule is O=C(c1ccccc1)N1CCc2nc(-c3ccc(C(F)(F)F)cc3)sc2C1. The first kappa shape index (κ1) is 17.7. The summed E-state index contributed by atoms with van der Waals surface area (Å²) in [5.41, 5.74) is 1.55. The average molecular weight is 388 g/mol. The topological polar surface area (TPSA) is 33.2 Å². The largest absolute Gasteiger partial charge is 0.416 e. The fourth-order valence-corrected chi connectivity index (χ4v) is 4.19. The fourth-order valence-electron chi connectivity index (χ4n) is 3.06. The van der Waals surface area contributed by atoms with Gasteiger partial charge in [0.1, 0.15) is 5.01 Å².